The molecule has 0 aliphatic carbocycles. The molecule has 0 radical (unpaired) electrons. The fraction of sp³-hybridized carbons (Fsp3) is 0.333. The SMILES string of the molecule is CC(=O)NNc1nc(C)cs1.[Cl-].[H+]. The number of aromatic nitrogens is 1. The Kier molecular flexibility index (Phi) is 4.61. The molecule has 12 heavy (non-hydrogen) atoms. The second-order valence-electron chi connectivity index (χ2n) is 2.10. The summed E-state index contributed by atoms with van der Waals surface area (Å²) in [6.07, 6.45) is 0. The van der Waals surface area contributed by atoms with E-state index in [1.54, 1.807) is 0 Å². The number of hydrazine groups is 1. The van der Waals surface area contributed by atoms with Crippen LogP contribution in [0.3, 0.4) is 0 Å². The lowest BCUT2D eigenvalue weighted by molar-refractivity contribution is -0.118. The Bertz CT molecular complexity index is 268. The zero-order valence-corrected chi connectivity index (χ0v) is 8.29. The van der Waals surface area contributed by atoms with Crippen molar-refractivity contribution in [3.05, 3.63) is 11.1 Å². The van der Waals surface area contributed by atoms with Crippen LogP contribution in [0.2, 0.25) is 0 Å². The number of thiazole rings is 1. The molecule has 0 bridgehead atoms. The second-order valence-corrected chi connectivity index (χ2v) is 2.96. The fourth-order valence-corrected chi connectivity index (χ4v) is 1.19. The van der Waals surface area contributed by atoms with Crippen molar-refractivity contribution in [3.63, 3.8) is 0 Å². The van der Waals surface area contributed by atoms with Gasteiger partial charge in [0.05, 0.1) is 5.69 Å². The maximum atomic E-state index is 10.4. The molecular weight excluding hydrogens is 198 g/mol. The normalized spacial score (nSPS) is 8.50. The van der Waals surface area contributed by atoms with Gasteiger partial charge in [-0.1, -0.05) is 0 Å². The topological polar surface area (TPSA) is 54.0 Å². The van der Waals surface area contributed by atoms with Gasteiger partial charge in [0.1, 0.15) is 0 Å². The molecule has 0 fully saturated rings. The van der Waals surface area contributed by atoms with Gasteiger partial charge in [0, 0.05) is 12.3 Å². The molecule has 1 aromatic heterocycles. The third-order valence-corrected chi connectivity index (χ3v) is 1.84. The number of hydrogen-bond donors (Lipinski definition) is 2. The van der Waals surface area contributed by atoms with Gasteiger partial charge in [-0.15, -0.1) is 11.3 Å². The first-order valence-electron chi connectivity index (χ1n) is 3.13. The maximum absolute atomic E-state index is 10.4. The second kappa shape index (κ2) is 4.95. The molecule has 0 aliphatic rings. The zero-order valence-electron chi connectivity index (χ0n) is 7.72. The summed E-state index contributed by atoms with van der Waals surface area (Å²) in [5.74, 6) is -0.127. The molecular formula is C6H10ClN3OS. The lowest BCUT2D eigenvalue weighted by Crippen LogP contribution is -3.00. The summed E-state index contributed by atoms with van der Waals surface area (Å²) >= 11 is 1.45. The van der Waals surface area contributed by atoms with Crippen LogP contribution in [-0.2, 0) is 4.79 Å². The van der Waals surface area contributed by atoms with Gasteiger partial charge in [-0.05, 0) is 6.92 Å². The highest BCUT2D eigenvalue weighted by Gasteiger charge is 1.96. The number of hydrogen-bond acceptors (Lipinski definition) is 4. The van der Waals surface area contributed by atoms with Crippen LogP contribution in [0.1, 0.15) is 14.0 Å². The van der Waals surface area contributed by atoms with E-state index in [4.69, 9.17) is 0 Å². The van der Waals surface area contributed by atoms with E-state index in [1.807, 2.05) is 12.3 Å². The molecule has 68 valence electrons. The molecule has 0 aliphatic heterocycles. The molecule has 1 rings (SSSR count). The van der Waals surface area contributed by atoms with Crippen LogP contribution in [0.15, 0.2) is 5.38 Å². The summed E-state index contributed by atoms with van der Waals surface area (Å²) in [6, 6.07) is 0. The molecule has 4 nitrogen and oxygen atoms in total. The monoisotopic (exact) mass is 207 g/mol. The minimum Gasteiger partial charge on any atom is -1.00 e. The van der Waals surface area contributed by atoms with Gasteiger partial charge >= 0.3 is 1.43 Å². The van der Waals surface area contributed by atoms with Gasteiger partial charge < -0.3 is 12.4 Å². The molecule has 1 amide bonds. The van der Waals surface area contributed by atoms with E-state index in [9.17, 15) is 4.79 Å². The van der Waals surface area contributed by atoms with Gasteiger partial charge in [0.15, 0.2) is 0 Å². The van der Waals surface area contributed by atoms with Gasteiger partial charge in [-0.2, -0.15) is 0 Å². The molecule has 0 aromatic carbocycles. The molecule has 2 N–H and O–H groups in total. The van der Waals surface area contributed by atoms with E-state index in [0.29, 0.717) is 5.13 Å². The van der Waals surface area contributed by atoms with Crippen molar-refractivity contribution in [3.8, 4) is 0 Å². The minimum absolute atomic E-state index is 0. The van der Waals surface area contributed by atoms with Crippen LogP contribution in [0, 0.1) is 6.92 Å². The molecule has 6 heteroatoms. The first kappa shape index (κ1) is 11.2. The van der Waals surface area contributed by atoms with Gasteiger partial charge in [0.25, 0.3) is 0 Å². The number of anilines is 1. The van der Waals surface area contributed by atoms with Crippen LogP contribution in [0.4, 0.5) is 5.13 Å². The Labute approximate surface area is 82.3 Å². The number of aryl methyl sites for hydroxylation is 1. The summed E-state index contributed by atoms with van der Waals surface area (Å²) in [7, 11) is 0. The first-order chi connectivity index (χ1) is 5.18. The Morgan fingerprint density at radius 1 is 1.75 bits per heavy atom. The van der Waals surface area contributed by atoms with Crippen molar-refractivity contribution in [2.45, 2.75) is 13.8 Å². The Morgan fingerprint density at radius 2 is 2.42 bits per heavy atom. The Hall–Kier alpha value is -0.810. The largest absolute Gasteiger partial charge is 1.00 e. The number of nitrogens with zero attached hydrogens (tertiary/aromatic N) is 1. The van der Waals surface area contributed by atoms with Crippen molar-refractivity contribution < 1.29 is 18.6 Å². The smallest absolute Gasteiger partial charge is 1.00 e. The number of carbonyl (C=O) groups is 1. The Balaban J connectivity index is 0. The van der Waals surface area contributed by atoms with Crippen molar-refractivity contribution in [1.29, 1.82) is 0 Å². The van der Waals surface area contributed by atoms with Crippen molar-refractivity contribution in [2.75, 3.05) is 5.43 Å². The van der Waals surface area contributed by atoms with E-state index < -0.39 is 0 Å². The fourth-order valence-electron chi connectivity index (χ4n) is 0.553. The van der Waals surface area contributed by atoms with Crippen LogP contribution in [0.5, 0.6) is 0 Å². The van der Waals surface area contributed by atoms with E-state index in [-0.39, 0.29) is 19.7 Å². The highest BCUT2D eigenvalue weighted by Crippen LogP contribution is 2.12. The van der Waals surface area contributed by atoms with E-state index in [2.05, 4.69) is 15.8 Å². The molecule has 1 heterocycles. The quantitative estimate of drug-likeness (QED) is 0.554. The lowest BCUT2D eigenvalue weighted by atomic mass is 10.6. The standard InChI is InChI=1S/C6H9N3OS.ClH/c1-4-3-11-6(7-4)9-8-5(2)10;/h3H,1-2H3,(H,7,9)(H,8,10);1H. The van der Waals surface area contributed by atoms with E-state index in [0.717, 1.165) is 5.69 Å². The first-order valence-corrected chi connectivity index (χ1v) is 4.01. The molecule has 0 unspecified atom stereocenters. The van der Waals surface area contributed by atoms with Crippen molar-refractivity contribution in [2.24, 2.45) is 0 Å². The Morgan fingerprint density at radius 3 is 2.83 bits per heavy atom. The van der Waals surface area contributed by atoms with E-state index in [1.165, 1.54) is 18.3 Å². The van der Waals surface area contributed by atoms with Crippen LogP contribution in [-0.4, -0.2) is 10.9 Å². The van der Waals surface area contributed by atoms with Gasteiger partial charge in [-0.25, -0.2) is 4.98 Å². The predicted octanol–water partition coefficient (Wildman–Crippen LogP) is -1.97. The molecule has 0 atom stereocenters. The highest BCUT2D eigenvalue weighted by molar-refractivity contribution is 7.13. The number of amides is 1. The lowest BCUT2D eigenvalue weighted by Gasteiger charge is -1.99. The molecule has 0 spiro atoms. The number of rotatable bonds is 2. The summed E-state index contributed by atoms with van der Waals surface area (Å²) in [6.45, 7) is 3.34. The summed E-state index contributed by atoms with van der Waals surface area (Å²) in [5, 5.41) is 2.61. The molecule has 1 aromatic rings. The predicted molar refractivity (Wildman–Crippen MR) is 45.4 cm³/mol. The summed E-state index contributed by atoms with van der Waals surface area (Å²) < 4.78 is 0. The average Bonchev–Trinajstić information content (AvgIpc) is 2.31. The maximum Gasteiger partial charge on any atom is 1.00 e. The van der Waals surface area contributed by atoms with Gasteiger partial charge in [0.2, 0.25) is 11.0 Å². The number of halogens is 1. The average molecular weight is 208 g/mol. The van der Waals surface area contributed by atoms with Crippen molar-refractivity contribution >= 4 is 22.4 Å². The van der Waals surface area contributed by atoms with Crippen LogP contribution >= 0.6 is 11.3 Å². The summed E-state index contributed by atoms with van der Waals surface area (Å²) in [4.78, 5) is 14.5. The molecule has 0 saturated carbocycles. The number of carbonyl (C=O) groups excluding carboxylic acids is 1. The van der Waals surface area contributed by atoms with Crippen molar-refractivity contribution in [1.82, 2.24) is 10.4 Å². The minimum atomic E-state index is -0.127. The number of nitrogens with one attached hydrogen (secondary N) is 2. The summed E-state index contributed by atoms with van der Waals surface area (Å²) in [5.41, 5.74) is 6.05. The van der Waals surface area contributed by atoms with Gasteiger partial charge in [-0.3, -0.25) is 15.6 Å². The third kappa shape index (κ3) is 3.54. The molecule has 0 saturated heterocycles. The zero-order chi connectivity index (χ0) is 8.27. The van der Waals surface area contributed by atoms with E-state index >= 15 is 0 Å². The highest BCUT2D eigenvalue weighted by atomic mass is 35.5. The van der Waals surface area contributed by atoms with Crippen LogP contribution < -0.4 is 23.3 Å². The third-order valence-electron chi connectivity index (χ3n) is 0.964. The van der Waals surface area contributed by atoms with Crippen LogP contribution in [0.25, 0.3) is 0 Å².